The van der Waals surface area contributed by atoms with Crippen LogP contribution in [0.1, 0.15) is 20.7 Å². The number of carbonyl (C=O) groups excluding carboxylic acids is 2. The fourth-order valence-corrected chi connectivity index (χ4v) is 2.13. The average molecular weight is 336 g/mol. The highest BCUT2D eigenvalue weighted by molar-refractivity contribution is 5.94. The van der Waals surface area contributed by atoms with E-state index in [9.17, 15) is 9.59 Å². The highest BCUT2D eigenvalue weighted by atomic mass is 16.3. The molecule has 0 radical (unpaired) electrons. The van der Waals surface area contributed by atoms with Gasteiger partial charge in [-0.1, -0.05) is 30.3 Å². The third-order valence-electron chi connectivity index (χ3n) is 3.43. The van der Waals surface area contributed by atoms with Gasteiger partial charge >= 0.3 is 0 Å². The van der Waals surface area contributed by atoms with Crippen LogP contribution in [0, 0.1) is 0 Å². The first kappa shape index (κ1) is 16.4. The molecule has 0 saturated heterocycles. The fourth-order valence-electron chi connectivity index (χ4n) is 2.13. The van der Waals surface area contributed by atoms with E-state index in [0.29, 0.717) is 30.0 Å². The summed E-state index contributed by atoms with van der Waals surface area (Å²) in [5.74, 6) is 0.0141. The van der Waals surface area contributed by atoms with Gasteiger partial charge in [0.1, 0.15) is 6.26 Å². The maximum absolute atomic E-state index is 12.0. The quantitative estimate of drug-likeness (QED) is 0.670. The Morgan fingerprint density at radius 3 is 2.12 bits per heavy atom. The molecule has 2 N–H and O–H groups in total. The molecule has 7 heteroatoms. The molecule has 2 aromatic heterocycles. The molecule has 0 saturated carbocycles. The van der Waals surface area contributed by atoms with E-state index in [1.165, 1.54) is 24.9 Å². The minimum atomic E-state index is -0.294. The van der Waals surface area contributed by atoms with Gasteiger partial charge in [-0.25, -0.2) is 9.97 Å². The summed E-state index contributed by atoms with van der Waals surface area (Å²) in [4.78, 5) is 32.2. The number of benzene rings is 1. The SMILES string of the molecule is O=C(NCCNC(=O)c1ccoc1)c1cnc(-c2ccccc2)nc1. The molecule has 2 amide bonds. The van der Waals surface area contributed by atoms with Crippen molar-refractivity contribution >= 4 is 11.8 Å². The molecular weight excluding hydrogens is 320 g/mol. The number of furan rings is 1. The van der Waals surface area contributed by atoms with Crippen LogP contribution in [-0.4, -0.2) is 34.9 Å². The lowest BCUT2D eigenvalue weighted by Gasteiger charge is -2.06. The van der Waals surface area contributed by atoms with Crippen LogP contribution in [0.15, 0.2) is 65.7 Å². The molecule has 126 valence electrons. The summed E-state index contributed by atoms with van der Waals surface area (Å²) in [6.07, 6.45) is 5.75. The van der Waals surface area contributed by atoms with Crippen LogP contribution in [0.4, 0.5) is 0 Å². The Morgan fingerprint density at radius 2 is 1.52 bits per heavy atom. The van der Waals surface area contributed by atoms with Gasteiger partial charge in [0.2, 0.25) is 0 Å². The zero-order chi connectivity index (χ0) is 17.5. The van der Waals surface area contributed by atoms with Crippen molar-refractivity contribution in [2.75, 3.05) is 13.1 Å². The van der Waals surface area contributed by atoms with Crippen LogP contribution in [0.2, 0.25) is 0 Å². The predicted molar refractivity (Wildman–Crippen MR) is 90.8 cm³/mol. The van der Waals surface area contributed by atoms with Gasteiger partial charge < -0.3 is 15.1 Å². The van der Waals surface area contributed by atoms with E-state index in [1.807, 2.05) is 30.3 Å². The summed E-state index contributed by atoms with van der Waals surface area (Å²) in [5.41, 5.74) is 1.69. The van der Waals surface area contributed by atoms with Crippen molar-refractivity contribution in [2.24, 2.45) is 0 Å². The van der Waals surface area contributed by atoms with Gasteiger partial charge in [-0.2, -0.15) is 0 Å². The van der Waals surface area contributed by atoms with Crippen molar-refractivity contribution in [3.8, 4) is 11.4 Å². The Bertz CT molecular complexity index is 831. The smallest absolute Gasteiger partial charge is 0.254 e. The highest BCUT2D eigenvalue weighted by Crippen LogP contribution is 2.13. The molecule has 3 rings (SSSR count). The summed E-state index contributed by atoms with van der Waals surface area (Å²) < 4.78 is 4.84. The maximum atomic E-state index is 12.0. The Hall–Kier alpha value is -3.48. The number of hydrogen-bond donors (Lipinski definition) is 2. The van der Waals surface area contributed by atoms with Crippen LogP contribution >= 0.6 is 0 Å². The molecule has 0 aliphatic rings. The summed E-state index contributed by atoms with van der Waals surface area (Å²) in [6.45, 7) is 0.599. The number of amides is 2. The number of aromatic nitrogens is 2. The van der Waals surface area contributed by atoms with E-state index >= 15 is 0 Å². The largest absolute Gasteiger partial charge is 0.472 e. The van der Waals surface area contributed by atoms with Crippen molar-refractivity contribution in [3.05, 3.63) is 72.4 Å². The molecule has 2 heterocycles. The molecule has 3 aromatic rings. The van der Waals surface area contributed by atoms with E-state index in [1.54, 1.807) is 6.07 Å². The fraction of sp³-hybridized carbons (Fsp3) is 0.111. The first-order valence-electron chi connectivity index (χ1n) is 7.70. The highest BCUT2D eigenvalue weighted by Gasteiger charge is 2.09. The molecule has 25 heavy (non-hydrogen) atoms. The molecule has 0 bridgehead atoms. The van der Waals surface area contributed by atoms with Crippen molar-refractivity contribution in [2.45, 2.75) is 0 Å². The van der Waals surface area contributed by atoms with Gasteiger partial charge in [0, 0.05) is 31.0 Å². The van der Waals surface area contributed by atoms with E-state index in [-0.39, 0.29) is 11.8 Å². The van der Waals surface area contributed by atoms with Gasteiger partial charge in [-0.3, -0.25) is 9.59 Å². The third-order valence-corrected chi connectivity index (χ3v) is 3.43. The molecule has 7 nitrogen and oxygen atoms in total. The minimum absolute atomic E-state index is 0.251. The van der Waals surface area contributed by atoms with Crippen molar-refractivity contribution in [1.29, 1.82) is 0 Å². The number of nitrogens with zero attached hydrogens (tertiary/aromatic N) is 2. The first-order chi connectivity index (χ1) is 12.2. The number of nitrogens with one attached hydrogen (secondary N) is 2. The van der Waals surface area contributed by atoms with Crippen molar-refractivity contribution < 1.29 is 14.0 Å². The van der Waals surface area contributed by atoms with Crippen LogP contribution in [0.3, 0.4) is 0 Å². The zero-order valence-corrected chi connectivity index (χ0v) is 13.3. The zero-order valence-electron chi connectivity index (χ0n) is 13.3. The lowest BCUT2D eigenvalue weighted by Crippen LogP contribution is -2.34. The molecule has 0 aliphatic heterocycles. The first-order valence-corrected chi connectivity index (χ1v) is 7.70. The Labute approximate surface area is 144 Å². The molecule has 0 spiro atoms. The Kier molecular flexibility index (Phi) is 5.16. The summed E-state index contributed by atoms with van der Waals surface area (Å²) in [7, 11) is 0. The normalized spacial score (nSPS) is 10.2. The molecule has 1 aromatic carbocycles. The average Bonchev–Trinajstić information content (AvgIpc) is 3.21. The van der Waals surface area contributed by atoms with Gasteiger partial charge in [0.05, 0.1) is 17.4 Å². The lowest BCUT2D eigenvalue weighted by atomic mass is 10.2. The standard InChI is InChI=1S/C18H16N4O3/c23-17(14-6-9-25-12-14)19-7-8-20-18(24)15-10-21-16(22-11-15)13-4-2-1-3-5-13/h1-6,9-12H,7-8H2,(H,19,23)(H,20,24). The minimum Gasteiger partial charge on any atom is -0.472 e. The molecule has 0 fully saturated rings. The summed E-state index contributed by atoms with van der Waals surface area (Å²) in [5, 5.41) is 5.38. The van der Waals surface area contributed by atoms with Crippen LogP contribution < -0.4 is 10.6 Å². The van der Waals surface area contributed by atoms with E-state index in [2.05, 4.69) is 20.6 Å². The number of hydrogen-bond acceptors (Lipinski definition) is 5. The molecule has 0 atom stereocenters. The third kappa shape index (κ3) is 4.29. The van der Waals surface area contributed by atoms with E-state index in [0.717, 1.165) is 5.56 Å². The Balaban J connectivity index is 1.47. The summed E-state index contributed by atoms with van der Waals surface area (Å²) in [6, 6.07) is 11.1. The van der Waals surface area contributed by atoms with Crippen LogP contribution in [0.25, 0.3) is 11.4 Å². The van der Waals surface area contributed by atoms with Gasteiger partial charge in [0.25, 0.3) is 11.8 Å². The van der Waals surface area contributed by atoms with Crippen LogP contribution in [0.5, 0.6) is 0 Å². The van der Waals surface area contributed by atoms with E-state index < -0.39 is 0 Å². The summed E-state index contributed by atoms with van der Waals surface area (Å²) >= 11 is 0. The topological polar surface area (TPSA) is 97.1 Å². The molecule has 0 unspecified atom stereocenters. The second-order valence-electron chi connectivity index (χ2n) is 5.19. The van der Waals surface area contributed by atoms with Gasteiger partial charge in [-0.05, 0) is 6.07 Å². The monoisotopic (exact) mass is 336 g/mol. The van der Waals surface area contributed by atoms with E-state index in [4.69, 9.17) is 4.42 Å². The van der Waals surface area contributed by atoms with Crippen molar-refractivity contribution in [1.82, 2.24) is 20.6 Å². The van der Waals surface area contributed by atoms with Gasteiger partial charge in [0.15, 0.2) is 5.82 Å². The maximum Gasteiger partial charge on any atom is 0.254 e. The second kappa shape index (κ2) is 7.87. The number of carbonyl (C=O) groups is 2. The van der Waals surface area contributed by atoms with Crippen LogP contribution in [-0.2, 0) is 0 Å². The molecular formula is C18H16N4O3. The predicted octanol–water partition coefficient (Wildman–Crippen LogP) is 1.90. The Morgan fingerprint density at radius 1 is 0.880 bits per heavy atom. The van der Waals surface area contributed by atoms with Crippen molar-refractivity contribution in [3.63, 3.8) is 0 Å². The molecule has 0 aliphatic carbocycles. The van der Waals surface area contributed by atoms with Gasteiger partial charge in [-0.15, -0.1) is 0 Å². The second-order valence-corrected chi connectivity index (χ2v) is 5.19. The number of rotatable bonds is 6. The lowest BCUT2D eigenvalue weighted by molar-refractivity contribution is 0.0927.